The molecule has 4 rings (SSSR count). The summed E-state index contributed by atoms with van der Waals surface area (Å²) in [6, 6.07) is 16.8. The van der Waals surface area contributed by atoms with Crippen molar-refractivity contribution in [3.63, 3.8) is 0 Å². The zero-order valence-corrected chi connectivity index (χ0v) is 21.6. The Kier molecular flexibility index (Phi) is 7.91. The number of nitrogens with zero attached hydrogens (tertiary/aromatic N) is 3. The number of amides is 1. The lowest BCUT2D eigenvalue weighted by atomic mass is 9.94. The molecule has 3 aromatic rings. The SMILES string of the molecule is Cc1ccc(NC(SCC(=O)N(C)C2CCCCC2)=C(C#N)c2nc3ccccc3s2)c(C)c1. The first-order chi connectivity index (χ1) is 16.5. The van der Waals surface area contributed by atoms with Gasteiger partial charge in [0, 0.05) is 18.8 Å². The molecule has 1 fully saturated rings. The van der Waals surface area contributed by atoms with E-state index in [2.05, 4.69) is 24.4 Å². The number of benzene rings is 2. The molecule has 0 atom stereocenters. The lowest BCUT2D eigenvalue weighted by Gasteiger charge is -2.31. The van der Waals surface area contributed by atoms with Crippen LogP contribution < -0.4 is 5.32 Å². The molecule has 0 bridgehead atoms. The molecule has 0 saturated heterocycles. The number of aryl methyl sites for hydroxylation is 2. The fourth-order valence-electron chi connectivity index (χ4n) is 4.33. The first kappa shape index (κ1) is 24.3. The standard InChI is InChI=1S/C27H30N4OS2/c1-18-13-14-22(19(2)15-18)29-26(33-17-25(32)31(3)20-9-5-4-6-10-20)21(16-28)27-30-23-11-7-8-12-24(23)34-27/h7-8,11-15,20,29H,4-6,9-10,17H2,1-3H3. The lowest BCUT2D eigenvalue weighted by molar-refractivity contribution is -0.129. The number of hydrogen-bond donors (Lipinski definition) is 1. The molecule has 34 heavy (non-hydrogen) atoms. The Balaban J connectivity index is 1.64. The minimum atomic E-state index is 0.0958. The molecular weight excluding hydrogens is 460 g/mol. The Morgan fingerprint density at radius 2 is 1.97 bits per heavy atom. The molecular formula is C27H30N4OS2. The second kappa shape index (κ2) is 11.1. The number of thiazole rings is 1. The van der Waals surface area contributed by atoms with Crippen LogP contribution >= 0.6 is 23.1 Å². The molecule has 0 aliphatic heterocycles. The van der Waals surface area contributed by atoms with Crippen LogP contribution in [0.1, 0.15) is 48.2 Å². The van der Waals surface area contributed by atoms with Crippen molar-refractivity contribution in [1.82, 2.24) is 9.88 Å². The maximum atomic E-state index is 13.1. The van der Waals surface area contributed by atoms with E-state index in [1.165, 1.54) is 47.9 Å². The van der Waals surface area contributed by atoms with E-state index in [-0.39, 0.29) is 11.7 Å². The summed E-state index contributed by atoms with van der Waals surface area (Å²) in [5.74, 6) is 0.370. The third kappa shape index (κ3) is 5.63. The van der Waals surface area contributed by atoms with E-state index in [4.69, 9.17) is 4.98 Å². The molecule has 176 valence electrons. The topological polar surface area (TPSA) is 69.0 Å². The summed E-state index contributed by atoms with van der Waals surface area (Å²) >= 11 is 2.89. The predicted octanol–water partition coefficient (Wildman–Crippen LogP) is 6.74. The van der Waals surface area contributed by atoms with Crippen molar-refractivity contribution in [2.75, 3.05) is 18.1 Å². The molecule has 1 amide bonds. The van der Waals surface area contributed by atoms with Crippen LogP contribution in [0.5, 0.6) is 0 Å². The van der Waals surface area contributed by atoms with Crippen LogP contribution in [-0.4, -0.2) is 34.6 Å². The normalized spacial score (nSPS) is 15.0. The number of thioether (sulfide) groups is 1. The molecule has 7 heteroatoms. The van der Waals surface area contributed by atoms with Gasteiger partial charge in [-0.05, 0) is 50.5 Å². The van der Waals surface area contributed by atoms with Gasteiger partial charge in [-0.1, -0.05) is 60.9 Å². The van der Waals surface area contributed by atoms with E-state index in [0.717, 1.165) is 34.3 Å². The summed E-state index contributed by atoms with van der Waals surface area (Å²) in [5.41, 5.74) is 4.54. The molecule has 1 aliphatic carbocycles. The first-order valence-corrected chi connectivity index (χ1v) is 13.5. The molecule has 0 radical (unpaired) electrons. The number of carbonyl (C=O) groups is 1. The summed E-state index contributed by atoms with van der Waals surface area (Å²) in [7, 11) is 1.92. The average Bonchev–Trinajstić information content (AvgIpc) is 3.28. The first-order valence-electron chi connectivity index (χ1n) is 11.7. The number of fused-ring (bicyclic) bond motifs is 1. The molecule has 0 unspecified atom stereocenters. The molecule has 1 saturated carbocycles. The van der Waals surface area contributed by atoms with E-state index < -0.39 is 0 Å². The van der Waals surface area contributed by atoms with Crippen molar-refractivity contribution in [2.24, 2.45) is 0 Å². The van der Waals surface area contributed by atoms with Gasteiger partial charge in [0.1, 0.15) is 16.6 Å². The van der Waals surface area contributed by atoms with Crippen LogP contribution in [0, 0.1) is 25.2 Å². The fraction of sp³-hybridized carbons (Fsp3) is 0.370. The monoisotopic (exact) mass is 490 g/mol. The van der Waals surface area contributed by atoms with Crippen LogP contribution in [-0.2, 0) is 4.79 Å². The smallest absolute Gasteiger partial charge is 0.232 e. The number of hydrogen-bond acceptors (Lipinski definition) is 6. The summed E-state index contributed by atoms with van der Waals surface area (Å²) in [6.45, 7) is 4.10. The van der Waals surface area contributed by atoms with Crippen molar-refractivity contribution in [2.45, 2.75) is 52.0 Å². The average molecular weight is 491 g/mol. The summed E-state index contributed by atoms with van der Waals surface area (Å²) < 4.78 is 1.04. The largest absolute Gasteiger partial charge is 0.349 e. The van der Waals surface area contributed by atoms with E-state index in [0.29, 0.717) is 21.7 Å². The second-order valence-electron chi connectivity index (χ2n) is 8.83. The second-order valence-corrected chi connectivity index (χ2v) is 10.8. The van der Waals surface area contributed by atoms with Crippen LogP contribution in [0.15, 0.2) is 47.5 Å². The Morgan fingerprint density at radius 3 is 2.68 bits per heavy atom. The Hall–Kier alpha value is -2.82. The van der Waals surface area contributed by atoms with Crippen molar-refractivity contribution >= 4 is 50.5 Å². The maximum absolute atomic E-state index is 13.1. The molecule has 5 nitrogen and oxygen atoms in total. The summed E-state index contributed by atoms with van der Waals surface area (Å²) in [6.07, 6.45) is 5.78. The van der Waals surface area contributed by atoms with E-state index in [1.54, 1.807) is 0 Å². The van der Waals surface area contributed by atoms with Gasteiger partial charge in [0.25, 0.3) is 0 Å². The number of aromatic nitrogens is 1. The predicted molar refractivity (Wildman–Crippen MR) is 144 cm³/mol. The number of para-hydroxylation sites is 1. The van der Waals surface area contributed by atoms with Crippen molar-refractivity contribution in [1.29, 1.82) is 5.26 Å². The summed E-state index contributed by atoms with van der Waals surface area (Å²) in [5, 5.41) is 14.9. The number of anilines is 1. The van der Waals surface area contributed by atoms with Gasteiger partial charge in [-0.15, -0.1) is 11.3 Å². The van der Waals surface area contributed by atoms with Gasteiger partial charge in [-0.25, -0.2) is 4.98 Å². The molecule has 2 aromatic carbocycles. The van der Waals surface area contributed by atoms with E-state index in [9.17, 15) is 10.1 Å². The number of nitriles is 1. The van der Waals surface area contributed by atoms with Gasteiger partial charge in [-0.2, -0.15) is 5.26 Å². The van der Waals surface area contributed by atoms with E-state index >= 15 is 0 Å². The van der Waals surface area contributed by atoms with Gasteiger partial charge < -0.3 is 10.2 Å². The van der Waals surface area contributed by atoms with Gasteiger partial charge in [0.2, 0.25) is 5.91 Å². The van der Waals surface area contributed by atoms with E-state index in [1.807, 2.05) is 55.3 Å². The van der Waals surface area contributed by atoms with Crippen LogP contribution in [0.2, 0.25) is 0 Å². The molecule has 1 N–H and O–H groups in total. The maximum Gasteiger partial charge on any atom is 0.232 e. The fourth-order valence-corrected chi connectivity index (χ4v) is 6.30. The molecule has 1 aliphatic rings. The van der Waals surface area contributed by atoms with Crippen molar-refractivity contribution < 1.29 is 4.79 Å². The minimum Gasteiger partial charge on any atom is -0.349 e. The zero-order chi connectivity index (χ0) is 24.1. The lowest BCUT2D eigenvalue weighted by Crippen LogP contribution is -2.39. The van der Waals surface area contributed by atoms with Crippen molar-refractivity contribution in [3.8, 4) is 6.07 Å². The number of rotatable bonds is 7. The Labute approximate surface area is 209 Å². The number of allylic oxidation sites excluding steroid dienone is 1. The third-order valence-electron chi connectivity index (χ3n) is 6.33. The number of carbonyl (C=O) groups excluding carboxylic acids is 1. The highest BCUT2D eigenvalue weighted by Crippen LogP contribution is 2.34. The third-order valence-corrected chi connectivity index (χ3v) is 8.37. The van der Waals surface area contributed by atoms with Gasteiger partial charge in [0.15, 0.2) is 0 Å². The Morgan fingerprint density at radius 1 is 1.21 bits per heavy atom. The van der Waals surface area contributed by atoms with Crippen molar-refractivity contribution in [3.05, 3.63) is 63.6 Å². The zero-order valence-electron chi connectivity index (χ0n) is 19.9. The number of nitrogens with one attached hydrogen (secondary N) is 1. The van der Waals surface area contributed by atoms with Gasteiger partial charge in [0.05, 0.1) is 21.0 Å². The highest BCUT2D eigenvalue weighted by atomic mass is 32.2. The highest BCUT2D eigenvalue weighted by Gasteiger charge is 2.23. The Bertz CT molecular complexity index is 1220. The minimum absolute atomic E-state index is 0.0958. The highest BCUT2D eigenvalue weighted by molar-refractivity contribution is 8.04. The van der Waals surface area contributed by atoms with Gasteiger partial charge in [-0.3, -0.25) is 4.79 Å². The molecule has 0 spiro atoms. The summed E-state index contributed by atoms with van der Waals surface area (Å²) in [4.78, 5) is 19.7. The molecule has 1 heterocycles. The molecule has 1 aromatic heterocycles. The van der Waals surface area contributed by atoms with Crippen LogP contribution in [0.3, 0.4) is 0 Å². The quantitative estimate of drug-likeness (QED) is 0.371. The van der Waals surface area contributed by atoms with Gasteiger partial charge >= 0.3 is 0 Å². The van der Waals surface area contributed by atoms with Crippen LogP contribution in [0.25, 0.3) is 15.8 Å². The van der Waals surface area contributed by atoms with Crippen LogP contribution in [0.4, 0.5) is 5.69 Å².